The summed E-state index contributed by atoms with van der Waals surface area (Å²) in [5, 5.41) is 7.97. The van der Waals surface area contributed by atoms with Gasteiger partial charge in [0, 0.05) is 35.8 Å². The molecule has 1 aliphatic heterocycles. The molecule has 3 rings (SSSR count). The highest BCUT2D eigenvalue weighted by atomic mass is 79.9. The molecule has 5 nitrogen and oxygen atoms in total. The second kappa shape index (κ2) is 4.20. The van der Waals surface area contributed by atoms with Gasteiger partial charge in [0.1, 0.15) is 0 Å². The van der Waals surface area contributed by atoms with Gasteiger partial charge in [0.25, 0.3) is 0 Å². The number of pyridine rings is 1. The van der Waals surface area contributed by atoms with E-state index in [1.807, 2.05) is 22.8 Å². The molecule has 0 unspecified atom stereocenters. The fraction of sp³-hybridized carbons (Fsp3) is 0.500. The zero-order valence-electron chi connectivity index (χ0n) is 10.5. The van der Waals surface area contributed by atoms with Crippen LogP contribution in [0.3, 0.4) is 0 Å². The molecular weight excluding hydrogens is 294 g/mol. The molecule has 0 atom stereocenters. The number of hydrogen-bond donors (Lipinski definition) is 1. The second-order valence-electron chi connectivity index (χ2n) is 5.20. The number of aromatic nitrogens is 3. The van der Waals surface area contributed by atoms with E-state index in [0.717, 1.165) is 35.7 Å². The average Bonchev–Trinajstić information content (AvgIpc) is 2.70. The van der Waals surface area contributed by atoms with Gasteiger partial charge >= 0.3 is 0 Å². The molecule has 96 valence electrons. The van der Waals surface area contributed by atoms with Crippen LogP contribution < -0.4 is 10.2 Å². The minimum Gasteiger partial charge on any atom is -0.332 e. The summed E-state index contributed by atoms with van der Waals surface area (Å²) in [5.74, 6) is 0.805. The highest BCUT2D eigenvalue weighted by Gasteiger charge is 2.32. The molecule has 2 aromatic rings. The summed E-state index contributed by atoms with van der Waals surface area (Å²) in [6.45, 7) is 7.28. The number of hydrogen-bond acceptors (Lipinski definition) is 4. The molecule has 1 N–H and O–H groups in total. The zero-order valence-corrected chi connectivity index (χ0v) is 12.1. The van der Waals surface area contributed by atoms with Crippen molar-refractivity contribution in [1.82, 2.24) is 19.9 Å². The number of piperazine rings is 1. The fourth-order valence-electron chi connectivity index (χ4n) is 2.31. The van der Waals surface area contributed by atoms with Crippen molar-refractivity contribution in [3.63, 3.8) is 0 Å². The van der Waals surface area contributed by atoms with E-state index in [1.165, 1.54) is 0 Å². The molecule has 0 amide bonds. The molecule has 6 heteroatoms. The third-order valence-corrected chi connectivity index (χ3v) is 3.79. The Bertz CT molecular complexity index is 577. The molecule has 0 aliphatic carbocycles. The highest BCUT2D eigenvalue weighted by molar-refractivity contribution is 9.10. The molecule has 0 bridgehead atoms. The maximum atomic E-state index is 4.60. The molecule has 1 saturated heterocycles. The van der Waals surface area contributed by atoms with Gasteiger partial charge in [-0.3, -0.25) is 0 Å². The average molecular weight is 310 g/mol. The van der Waals surface area contributed by atoms with Crippen molar-refractivity contribution in [2.24, 2.45) is 0 Å². The van der Waals surface area contributed by atoms with E-state index >= 15 is 0 Å². The summed E-state index contributed by atoms with van der Waals surface area (Å²) < 4.78 is 2.82. The van der Waals surface area contributed by atoms with Crippen LogP contribution in [0.15, 0.2) is 22.8 Å². The predicted molar refractivity (Wildman–Crippen MR) is 75.0 cm³/mol. The van der Waals surface area contributed by atoms with Gasteiger partial charge in [0.15, 0.2) is 5.65 Å². The summed E-state index contributed by atoms with van der Waals surface area (Å²) >= 11 is 3.45. The summed E-state index contributed by atoms with van der Waals surface area (Å²) in [5.41, 5.74) is 0.919. The topological polar surface area (TPSA) is 45.5 Å². The highest BCUT2D eigenvalue weighted by Crippen LogP contribution is 2.23. The van der Waals surface area contributed by atoms with Gasteiger partial charge in [-0.05, 0) is 41.9 Å². The smallest absolute Gasteiger partial charge is 0.246 e. The number of halogens is 1. The first-order valence-electron chi connectivity index (χ1n) is 6.07. The van der Waals surface area contributed by atoms with E-state index in [2.05, 4.69) is 50.1 Å². The standard InChI is InChI=1S/C12H16BrN5/c1-12(2)8-14-5-6-17(12)11-15-10-4-3-9(13)7-18(10)16-11/h3-4,7,14H,5-6,8H2,1-2H3. The molecule has 2 aromatic heterocycles. The van der Waals surface area contributed by atoms with E-state index in [4.69, 9.17) is 0 Å². The van der Waals surface area contributed by atoms with E-state index in [1.54, 1.807) is 0 Å². The van der Waals surface area contributed by atoms with E-state index in [9.17, 15) is 0 Å². The molecule has 1 fully saturated rings. The monoisotopic (exact) mass is 309 g/mol. The Morgan fingerprint density at radius 3 is 3.00 bits per heavy atom. The third-order valence-electron chi connectivity index (χ3n) is 3.33. The predicted octanol–water partition coefficient (Wildman–Crippen LogP) is 1.68. The van der Waals surface area contributed by atoms with Crippen LogP contribution in [-0.4, -0.2) is 39.8 Å². The minimum absolute atomic E-state index is 0.0421. The first-order chi connectivity index (χ1) is 8.56. The van der Waals surface area contributed by atoms with Crippen LogP contribution >= 0.6 is 15.9 Å². The number of fused-ring (bicyclic) bond motifs is 1. The minimum atomic E-state index is 0.0421. The molecule has 0 spiro atoms. The molecular formula is C12H16BrN5. The lowest BCUT2D eigenvalue weighted by molar-refractivity contribution is 0.375. The Balaban J connectivity index is 2.03. The van der Waals surface area contributed by atoms with Crippen molar-refractivity contribution in [3.05, 3.63) is 22.8 Å². The van der Waals surface area contributed by atoms with Crippen LogP contribution in [0.1, 0.15) is 13.8 Å². The van der Waals surface area contributed by atoms with Crippen molar-refractivity contribution < 1.29 is 0 Å². The summed E-state index contributed by atoms with van der Waals surface area (Å²) in [6, 6.07) is 3.95. The molecule has 0 saturated carbocycles. The van der Waals surface area contributed by atoms with Gasteiger partial charge in [0.05, 0.1) is 0 Å². The fourth-order valence-corrected chi connectivity index (χ4v) is 2.64. The normalized spacial score (nSPS) is 19.4. The lowest BCUT2D eigenvalue weighted by atomic mass is 10.0. The van der Waals surface area contributed by atoms with Crippen LogP contribution in [0.5, 0.6) is 0 Å². The summed E-state index contributed by atoms with van der Waals surface area (Å²) in [7, 11) is 0. The van der Waals surface area contributed by atoms with Gasteiger partial charge in [-0.25, -0.2) is 4.52 Å². The second-order valence-corrected chi connectivity index (χ2v) is 6.12. The van der Waals surface area contributed by atoms with Crippen molar-refractivity contribution in [1.29, 1.82) is 0 Å². The largest absolute Gasteiger partial charge is 0.332 e. The lowest BCUT2D eigenvalue weighted by Crippen LogP contribution is -2.58. The zero-order chi connectivity index (χ0) is 12.8. The third kappa shape index (κ3) is 1.99. The Labute approximate surface area is 114 Å². The summed E-state index contributed by atoms with van der Waals surface area (Å²) in [4.78, 5) is 6.87. The van der Waals surface area contributed by atoms with Crippen LogP contribution in [0.25, 0.3) is 5.65 Å². The quantitative estimate of drug-likeness (QED) is 0.870. The van der Waals surface area contributed by atoms with Crippen molar-refractivity contribution in [2.75, 3.05) is 24.5 Å². The Kier molecular flexibility index (Phi) is 2.79. The molecule has 18 heavy (non-hydrogen) atoms. The first-order valence-corrected chi connectivity index (χ1v) is 6.86. The van der Waals surface area contributed by atoms with Gasteiger partial charge in [0.2, 0.25) is 5.95 Å². The number of nitrogens with zero attached hydrogens (tertiary/aromatic N) is 4. The molecule has 3 heterocycles. The van der Waals surface area contributed by atoms with Crippen LogP contribution in [0.2, 0.25) is 0 Å². The number of anilines is 1. The number of rotatable bonds is 1. The van der Waals surface area contributed by atoms with Crippen molar-refractivity contribution in [3.8, 4) is 0 Å². The van der Waals surface area contributed by atoms with E-state index in [0.29, 0.717) is 0 Å². The van der Waals surface area contributed by atoms with Crippen LogP contribution in [0, 0.1) is 0 Å². The Hall–Kier alpha value is -1.14. The van der Waals surface area contributed by atoms with Gasteiger partial charge in [-0.2, -0.15) is 4.98 Å². The Morgan fingerprint density at radius 1 is 1.39 bits per heavy atom. The maximum absolute atomic E-state index is 4.60. The molecule has 0 radical (unpaired) electrons. The van der Waals surface area contributed by atoms with Gasteiger partial charge in [-0.15, -0.1) is 5.10 Å². The molecule has 0 aromatic carbocycles. The molecule has 1 aliphatic rings. The van der Waals surface area contributed by atoms with E-state index < -0.39 is 0 Å². The van der Waals surface area contributed by atoms with Crippen LogP contribution in [-0.2, 0) is 0 Å². The maximum Gasteiger partial charge on any atom is 0.246 e. The Morgan fingerprint density at radius 2 is 2.22 bits per heavy atom. The van der Waals surface area contributed by atoms with Crippen molar-refractivity contribution >= 4 is 27.5 Å². The van der Waals surface area contributed by atoms with Crippen LogP contribution in [0.4, 0.5) is 5.95 Å². The summed E-state index contributed by atoms with van der Waals surface area (Å²) in [6.07, 6.45) is 1.93. The first kappa shape index (κ1) is 11.9. The van der Waals surface area contributed by atoms with Gasteiger partial charge in [-0.1, -0.05) is 0 Å². The van der Waals surface area contributed by atoms with Gasteiger partial charge < -0.3 is 10.2 Å². The van der Waals surface area contributed by atoms with E-state index in [-0.39, 0.29) is 5.54 Å². The SMILES string of the molecule is CC1(C)CNCCN1c1nc2ccc(Br)cn2n1. The lowest BCUT2D eigenvalue weighted by Gasteiger charge is -2.42. The van der Waals surface area contributed by atoms with Crippen molar-refractivity contribution in [2.45, 2.75) is 19.4 Å². The number of nitrogens with one attached hydrogen (secondary N) is 1.